The van der Waals surface area contributed by atoms with E-state index in [-0.39, 0.29) is 11.9 Å². The van der Waals surface area contributed by atoms with E-state index in [9.17, 15) is 4.79 Å². The number of carbonyl (C=O) groups excluding carboxylic acids is 1. The van der Waals surface area contributed by atoms with Crippen molar-refractivity contribution in [1.29, 1.82) is 0 Å². The maximum absolute atomic E-state index is 12.1. The quantitative estimate of drug-likeness (QED) is 0.474. The van der Waals surface area contributed by atoms with Gasteiger partial charge in [-0.25, -0.2) is 0 Å². The van der Waals surface area contributed by atoms with Crippen LogP contribution in [0.2, 0.25) is 0 Å². The normalized spacial score (nSPS) is 10.8. The number of aromatic nitrogens is 2. The Bertz CT molecular complexity index is 1000. The smallest absolute Gasteiger partial charge is 0.322 e. The van der Waals surface area contributed by atoms with Gasteiger partial charge in [0, 0.05) is 16.5 Å². The summed E-state index contributed by atoms with van der Waals surface area (Å²) < 4.78 is 16.0. The number of methoxy groups -OCH3 is 2. The number of thioether (sulfide) groups is 1. The van der Waals surface area contributed by atoms with E-state index in [4.69, 9.17) is 13.9 Å². The molecule has 0 aliphatic heterocycles. The Hall–Kier alpha value is -3.26. The molecule has 0 aliphatic rings. The van der Waals surface area contributed by atoms with E-state index >= 15 is 0 Å². The Balaban J connectivity index is 1.67. The first-order chi connectivity index (χ1) is 13.6. The van der Waals surface area contributed by atoms with Crippen molar-refractivity contribution < 1.29 is 18.7 Å². The van der Waals surface area contributed by atoms with Gasteiger partial charge in [-0.2, -0.15) is 0 Å². The second kappa shape index (κ2) is 9.09. The van der Waals surface area contributed by atoms with Crippen LogP contribution >= 0.6 is 11.8 Å². The van der Waals surface area contributed by atoms with E-state index in [0.29, 0.717) is 17.4 Å². The van der Waals surface area contributed by atoms with Gasteiger partial charge in [-0.3, -0.25) is 10.1 Å². The number of hydrogen-bond donors (Lipinski definition) is 1. The number of ether oxygens (including phenoxy) is 2. The first kappa shape index (κ1) is 19.5. The van der Waals surface area contributed by atoms with E-state index in [2.05, 4.69) is 15.5 Å². The predicted molar refractivity (Wildman–Crippen MR) is 109 cm³/mol. The minimum absolute atomic E-state index is 0.0338. The van der Waals surface area contributed by atoms with Gasteiger partial charge in [0.15, 0.2) is 11.5 Å². The Morgan fingerprint density at radius 3 is 2.68 bits per heavy atom. The number of benzene rings is 2. The van der Waals surface area contributed by atoms with Gasteiger partial charge in [0.2, 0.25) is 5.89 Å². The molecular weight excluding hydrogens is 378 g/mol. The number of amides is 1. The van der Waals surface area contributed by atoms with E-state index in [1.54, 1.807) is 44.2 Å². The summed E-state index contributed by atoms with van der Waals surface area (Å²) in [5, 5.41) is 10.4. The highest BCUT2D eigenvalue weighted by Crippen LogP contribution is 2.28. The molecule has 3 aromatic rings. The third-order valence-electron chi connectivity index (χ3n) is 3.81. The molecule has 0 saturated carbocycles. The summed E-state index contributed by atoms with van der Waals surface area (Å²) in [5.41, 5.74) is 1.58. The molecule has 0 fully saturated rings. The Morgan fingerprint density at radius 2 is 1.93 bits per heavy atom. The SMILES string of the molecule is COc1ccc(C=CC(=O)Nc2nnc(-c3cccc(SC)c3)o2)cc1OC. The fourth-order valence-electron chi connectivity index (χ4n) is 2.42. The lowest BCUT2D eigenvalue weighted by Crippen LogP contribution is -2.07. The lowest BCUT2D eigenvalue weighted by atomic mass is 10.2. The fourth-order valence-corrected chi connectivity index (χ4v) is 2.88. The summed E-state index contributed by atoms with van der Waals surface area (Å²) in [7, 11) is 3.12. The maximum Gasteiger partial charge on any atom is 0.322 e. The summed E-state index contributed by atoms with van der Waals surface area (Å²) >= 11 is 1.62. The number of hydrogen-bond acceptors (Lipinski definition) is 7. The Morgan fingerprint density at radius 1 is 1.11 bits per heavy atom. The third-order valence-corrected chi connectivity index (χ3v) is 4.53. The second-order valence-corrected chi connectivity index (χ2v) is 6.46. The molecule has 0 unspecified atom stereocenters. The van der Waals surface area contributed by atoms with Crippen LogP contribution in [0.5, 0.6) is 11.5 Å². The number of anilines is 1. The van der Waals surface area contributed by atoms with Crippen LogP contribution < -0.4 is 14.8 Å². The molecule has 0 bridgehead atoms. The molecule has 144 valence electrons. The van der Waals surface area contributed by atoms with Crippen LogP contribution in [-0.4, -0.2) is 36.6 Å². The largest absolute Gasteiger partial charge is 0.493 e. The number of nitrogens with one attached hydrogen (secondary N) is 1. The zero-order chi connectivity index (χ0) is 19.9. The highest BCUT2D eigenvalue weighted by molar-refractivity contribution is 7.98. The number of rotatable bonds is 7. The van der Waals surface area contributed by atoms with Gasteiger partial charge in [-0.05, 0) is 48.2 Å². The molecule has 1 N–H and O–H groups in total. The molecule has 1 heterocycles. The maximum atomic E-state index is 12.1. The molecule has 8 heteroatoms. The van der Waals surface area contributed by atoms with Gasteiger partial charge >= 0.3 is 6.01 Å². The standard InChI is InChI=1S/C20H19N3O4S/c1-25-16-9-7-13(11-17(16)26-2)8-10-18(24)21-20-23-22-19(27-20)14-5-4-6-15(12-14)28-3/h4-12H,1-3H3,(H,21,23,24). The average Bonchev–Trinajstić information content (AvgIpc) is 3.20. The minimum Gasteiger partial charge on any atom is -0.493 e. The molecule has 0 radical (unpaired) electrons. The Kier molecular flexibility index (Phi) is 6.33. The second-order valence-electron chi connectivity index (χ2n) is 5.58. The number of nitrogens with zero attached hydrogens (tertiary/aromatic N) is 2. The summed E-state index contributed by atoms with van der Waals surface area (Å²) in [6.45, 7) is 0. The molecule has 7 nitrogen and oxygen atoms in total. The van der Waals surface area contributed by atoms with Gasteiger partial charge in [-0.1, -0.05) is 17.2 Å². The number of carbonyl (C=O) groups is 1. The molecular formula is C20H19N3O4S. The minimum atomic E-state index is -0.386. The highest BCUT2D eigenvalue weighted by Gasteiger charge is 2.10. The van der Waals surface area contributed by atoms with Crippen LogP contribution in [0.3, 0.4) is 0 Å². The van der Waals surface area contributed by atoms with Crippen molar-refractivity contribution in [1.82, 2.24) is 10.2 Å². The topological polar surface area (TPSA) is 86.5 Å². The zero-order valence-electron chi connectivity index (χ0n) is 15.6. The molecule has 2 aromatic carbocycles. The third kappa shape index (κ3) is 4.72. The van der Waals surface area contributed by atoms with Crippen LogP contribution in [0.4, 0.5) is 6.01 Å². The molecule has 0 aliphatic carbocycles. The van der Waals surface area contributed by atoms with Crippen molar-refractivity contribution >= 4 is 29.8 Å². The van der Waals surface area contributed by atoms with Gasteiger partial charge in [0.1, 0.15) is 0 Å². The molecule has 3 rings (SSSR count). The lowest BCUT2D eigenvalue weighted by Gasteiger charge is -2.07. The van der Waals surface area contributed by atoms with E-state index < -0.39 is 0 Å². The van der Waals surface area contributed by atoms with Crippen molar-refractivity contribution in [2.45, 2.75) is 4.90 Å². The summed E-state index contributed by atoms with van der Waals surface area (Å²) in [5.74, 6) is 1.16. The summed E-state index contributed by atoms with van der Waals surface area (Å²) in [4.78, 5) is 13.2. The van der Waals surface area contributed by atoms with Crippen LogP contribution in [0, 0.1) is 0 Å². The van der Waals surface area contributed by atoms with Crippen molar-refractivity contribution in [3.05, 3.63) is 54.1 Å². The monoisotopic (exact) mass is 397 g/mol. The van der Waals surface area contributed by atoms with Crippen molar-refractivity contribution in [3.8, 4) is 23.0 Å². The van der Waals surface area contributed by atoms with E-state index in [1.165, 1.54) is 6.08 Å². The van der Waals surface area contributed by atoms with Crippen LogP contribution in [0.15, 0.2) is 57.9 Å². The zero-order valence-corrected chi connectivity index (χ0v) is 16.4. The molecule has 0 saturated heterocycles. The van der Waals surface area contributed by atoms with Crippen molar-refractivity contribution in [2.24, 2.45) is 0 Å². The lowest BCUT2D eigenvalue weighted by molar-refractivity contribution is -0.112. The Labute approximate surface area is 166 Å². The van der Waals surface area contributed by atoms with Crippen molar-refractivity contribution in [3.63, 3.8) is 0 Å². The van der Waals surface area contributed by atoms with Crippen molar-refractivity contribution in [2.75, 3.05) is 25.8 Å². The predicted octanol–water partition coefficient (Wildman–Crippen LogP) is 4.13. The molecule has 28 heavy (non-hydrogen) atoms. The summed E-state index contributed by atoms with van der Waals surface area (Å²) in [6, 6.07) is 13.1. The van der Waals surface area contributed by atoms with Gasteiger partial charge in [0.25, 0.3) is 5.91 Å². The fraction of sp³-hybridized carbons (Fsp3) is 0.150. The summed E-state index contributed by atoms with van der Waals surface area (Å²) in [6.07, 6.45) is 5.01. The van der Waals surface area contributed by atoms with Crippen LogP contribution in [0.25, 0.3) is 17.5 Å². The molecule has 1 aromatic heterocycles. The highest BCUT2D eigenvalue weighted by atomic mass is 32.2. The molecule has 0 spiro atoms. The molecule has 1 amide bonds. The van der Waals surface area contributed by atoms with Gasteiger partial charge in [0.05, 0.1) is 14.2 Å². The van der Waals surface area contributed by atoms with Crippen LogP contribution in [-0.2, 0) is 4.79 Å². The van der Waals surface area contributed by atoms with E-state index in [1.807, 2.05) is 36.6 Å². The van der Waals surface area contributed by atoms with E-state index in [0.717, 1.165) is 16.0 Å². The van der Waals surface area contributed by atoms with Gasteiger partial charge < -0.3 is 13.9 Å². The van der Waals surface area contributed by atoms with Crippen LogP contribution in [0.1, 0.15) is 5.56 Å². The first-order valence-electron chi connectivity index (χ1n) is 8.32. The van der Waals surface area contributed by atoms with Gasteiger partial charge in [-0.15, -0.1) is 16.9 Å². The average molecular weight is 397 g/mol. The first-order valence-corrected chi connectivity index (χ1v) is 9.54. The molecule has 0 atom stereocenters.